The van der Waals surface area contributed by atoms with E-state index in [1.807, 2.05) is 13.8 Å². The molecule has 0 aliphatic heterocycles. The highest BCUT2D eigenvalue weighted by atomic mass is 16.6. The summed E-state index contributed by atoms with van der Waals surface area (Å²) in [6, 6.07) is -0.872. The minimum atomic E-state index is -0.872. The first-order chi connectivity index (χ1) is 12.9. The summed E-state index contributed by atoms with van der Waals surface area (Å²) in [7, 11) is 0. The highest BCUT2D eigenvalue weighted by molar-refractivity contribution is 5.85. The smallest absolute Gasteiger partial charge is 0.322 e. The summed E-state index contributed by atoms with van der Waals surface area (Å²) in [5, 5.41) is 0. The molecular weight excluding hydrogens is 346 g/mol. The summed E-state index contributed by atoms with van der Waals surface area (Å²) in [6.45, 7) is 6.36. The molecule has 0 amide bonds. The number of carbonyl (C=O) groups excluding carboxylic acids is 3. The number of esters is 3. The van der Waals surface area contributed by atoms with Gasteiger partial charge in [-0.25, -0.2) is 0 Å². The van der Waals surface area contributed by atoms with Crippen molar-refractivity contribution in [3.63, 3.8) is 0 Å². The average molecular weight is 386 g/mol. The summed E-state index contributed by atoms with van der Waals surface area (Å²) in [4.78, 5) is 34.9. The third-order valence-corrected chi connectivity index (χ3v) is 4.23. The molecule has 0 saturated carbocycles. The van der Waals surface area contributed by atoms with E-state index in [4.69, 9.17) is 15.2 Å². The fourth-order valence-corrected chi connectivity index (χ4v) is 2.56. The van der Waals surface area contributed by atoms with E-state index in [0.717, 1.165) is 19.3 Å². The Labute approximate surface area is 164 Å². The molecule has 6 heteroatoms. The number of unbranched alkanes of at least 4 members (excludes halogenated alkanes) is 8. The van der Waals surface area contributed by atoms with Gasteiger partial charge in [0.1, 0.15) is 6.04 Å². The van der Waals surface area contributed by atoms with Gasteiger partial charge in [-0.15, -0.1) is 0 Å². The quantitative estimate of drug-likeness (QED) is 0.242. The maximum absolute atomic E-state index is 11.7. The molecule has 0 heterocycles. The van der Waals surface area contributed by atoms with E-state index in [1.54, 1.807) is 0 Å². The average Bonchev–Trinajstić information content (AvgIpc) is 2.62. The molecule has 6 nitrogen and oxygen atoms in total. The summed E-state index contributed by atoms with van der Waals surface area (Å²) >= 11 is 0. The van der Waals surface area contributed by atoms with Gasteiger partial charge in [-0.05, 0) is 18.8 Å². The lowest BCUT2D eigenvalue weighted by Gasteiger charge is -2.12. The summed E-state index contributed by atoms with van der Waals surface area (Å²) in [5.74, 6) is -1.44. The van der Waals surface area contributed by atoms with Crippen LogP contribution in [0, 0.1) is 5.92 Å². The van der Waals surface area contributed by atoms with Gasteiger partial charge in [-0.2, -0.15) is 0 Å². The van der Waals surface area contributed by atoms with Crippen LogP contribution in [0.5, 0.6) is 0 Å². The van der Waals surface area contributed by atoms with Gasteiger partial charge in [-0.3, -0.25) is 14.4 Å². The molecule has 0 saturated heterocycles. The second-order valence-corrected chi connectivity index (χ2v) is 7.59. The second-order valence-electron chi connectivity index (χ2n) is 7.59. The van der Waals surface area contributed by atoms with Crippen LogP contribution in [0.15, 0.2) is 0 Å². The van der Waals surface area contributed by atoms with Crippen LogP contribution in [0.3, 0.4) is 0 Å². The Morgan fingerprint density at radius 1 is 0.815 bits per heavy atom. The zero-order chi connectivity index (χ0) is 20.5. The van der Waals surface area contributed by atoms with Gasteiger partial charge in [0, 0.05) is 12.8 Å². The van der Waals surface area contributed by atoms with Crippen molar-refractivity contribution in [2.24, 2.45) is 11.7 Å². The third kappa shape index (κ3) is 16.5. The number of hydrogen-bond acceptors (Lipinski definition) is 6. The van der Waals surface area contributed by atoms with E-state index in [0.29, 0.717) is 6.61 Å². The largest absolute Gasteiger partial charge is 0.464 e. The number of rotatable bonds is 16. The van der Waals surface area contributed by atoms with Crippen LogP contribution < -0.4 is 5.73 Å². The molecule has 0 aromatic rings. The fraction of sp³-hybridized carbons (Fsp3) is 0.857. The van der Waals surface area contributed by atoms with Crippen LogP contribution in [0.4, 0.5) is 0 Å². The summed E-state index contributed by atoms with van der Waals surface area (Å²) < 4.78 is 9.77. The van der Waals surface area contributed by atoms with E-state index in [-0.39, 0.29) is 25.2 Å². The monoisotopic (exact) mass is 385 g/mol. The lowest BCUT2D eigenvalue weighted by molar-refractivity contribution is -0.159. The van der Waals surface area contributed by atoms with Gasteiger partial charge >= 0.3 is 17.9 Å². The first-order valence-corrected chi connectivity index (χ1v) is 10.5. The SMILES string of the molecule is CCCCCCCCCCCC(=O)OC(=O)CC[C@H](N)C(=O)OCC(C)C. The topological polar surface area (TPSA) is 95.7 Å². The van der Waals surface area contributed by atoms with Crippen molar-refractivity contribution in [1.82, 2.24) is 0 Å². The van der Waals surface area contributed by atoms with E-state index >= 15 is 0 Å². The van der Waals surface area contributed by atoms with E-state index in [9.17, 15) is 14.4 Å². The lowest BCUT2D eigenvalue weighted by atomic mass is 10.1. The van der Waals surface area contributed by atoms with Gasteiger partial charge in [0.2, 0.25) is 0 Å². The van der Waals surface area contributed by atoms with Crippen LogP contribution in [-0.2, 0) is 23.9 Å². The molecule has 0 aliphatic carbocycles. The van der Waals surface area contributed by atoms with Gasteiger partial charge < -0.3 is 15.2 Å². The maximum atomic E-state index is 11.7. The minimum absolute atomic E-state index is 0.0680. The molecule has 0 bridgehead atoms. The number of hydrogen-bond donors (Lipinski definition) is 1. The summed E-state index contributed by atoms with van der Waals surface area (Å²) in [6.07, 6.45) is 10.7. The zero-order valence-electron chi connectivity index (χ0n) is 17.5. The fourth-order valence-electron chi connectivity index (χ4n) is 2.56. The molecule has 2 N–H and O–H groups in total. The van der Waals surface area contributed by atoms with Crippen LogP contribution in [0.25, 0.3) is 0 Å². The van der Waals surface area contributed by atoms with E-state index < -0.39 is 23.9 Å². The van der Waals surface area contributed by atoms with Crippen LogP contribution in [-0.4, -0.2) is 30.6 Å². The van der Waals surface area contributed by atoms with Crippen LogP contribution in [0.2, 0.25) is 0 Å². The second kappa shape index (κ2) is 16.7. The normalized spacial score (nSPS) is 12.0. The molecule has 158 valence electrons. The predicted molar refractivity (Wildman–Crippen MR) is 106 cm³/mol. The van der Waals surface area contributed by atoms with Crippen LogP contribution in [0.1, 0.15) is 97.8 Å². The van der Waals surface area contributed by atoms with Crippen LogP contribution >= 0.6 is 0 Å². The Balaban J connectivity index is 3.66. The number of carbonyl (C=O) groups is 3. The third-order valence-electron chi connectivity index (χ3n) is 4.23. The summed E-state index contributed by atoms with van der Waals surface area (Å²) in [5.41, 5.74) is 5.68. The molecule has 0 spiro atoms. The van der Waals surface area contributed by atoms with Crippen molar-refractivity contribution in [3.8, 4) is 0 Å². The predicted octanol–water partition coefficient (Wildman–Crippen LogP) is 4.28. The Morgan fingerprint density at radius 2 is 1.33 bits per heavy atom. The Hall–Kier alpha value is -1.43. The van der Waals surface area contributed by atoms with Crippen molar-refractivity contribution in [1.29, 1.82) is 0 Å². The van der Waals surface area contributed by atoms with Crippen molar-refractivity contribution >= 4 is 17.9 Å². The van der Waals surface area contributed by atoms with E-state index in [1.165, 1.54) is 38.5 Å². The molecule has 0 rings (SSSR count). The molecular formula is C21H39NO5. The lowest BCUT2D eigenvalue weighted by Crippen LogP contribution is -2.33. The van der Waals surface area contributed by atoms with Crippen molar-refractivity contribution in [3.05, 3.63) is 0 Å². The minimum Gasteiger partial charge on any atom is -0.464 e. The first-order valence-electron chi connectivity index (χ1n) is 10.5. The molecule has 0 unspecified atom stereocenters. The molecule has 27 heavy (non-hydrogen) atoms. The number of ether oxygens (including phenoxy) is 2. The molecule has 0 aliphatic rings. The van der Waals surface area contributed by atoms with Gasteiger partial charge in [0.15, 0.2) is 0 Å². The van der Waals surface area contributed by atoms with Gasteiger partial charge in [-0.1, -0.05) is 72.1 Å². The van der Waals surface area contributed by atoms with E-state index in [2.05, 4.69) is 6.92 Å². The van der Waals surface area contributed by atoms with Gasteiger partial charge in [0.25, 0.3) is 0 Å². The Kier molecular flexibility index (Phi) is 15.8. The molecule has 1 atom stereocenters. The first kappa shape index (κ1) is 25.6. The van der Waals surface area contributed by atoms with Gasteiger partial charge in [0.05, 0.1) is 6.61 Å². The zero-order valence-corrected chi connectivity index (χ0v) is 17.5. The Morgan fingerprint density at radius 3 is 1.89 bits per heavy atom. The maximum Gasteiger partial charge on any atom is 0.322 e. The highest BCUT2D eigenvalue weighted by Crippen LogP contribution is 2.11. The number of nitrogens with two attached hydrogens (primary N) is 1. The Bertz CT molecular complexity index is 423. The van der Waals surface area contributed by atoms with Crippen molar-refractivity contribution in [2.75, 3.05) is 6.61 Å². The standard InChI is InChI=1S/C21H39NO5/c1-4-5-6-7-8-9-10-11-12-13-19(23)27-20(24)15-14-18(22)21(25)26-16-17(2)3/h17-18H,4-16,22H2,1-3H3/t18-/m0/s1. The van der Waals surface area contributed by atoms with Crippen molar-refractivity contribution < 1.29 is 23.9 Å². The van der Waals surface area contributed by atoms with Crippen molar-refractivity contribution in [2.45, 2.75) is 104 Å². The highest BCUT2D eigenvalue weighted by Gasteiger charge is 2.18. The molecule has 0 fully saturated rings. The molecule has 0 aromatic carbocycles. The molecule has 0 aromatic heterocycles. The molecule has 0 radical (unpaired) electrons.